The fourth-order valence-corrected chi connectivity index (χ4v) is 4.52. The molecule has 6 nitrogen and oxygen atoms in total. The number of amides is 1. The Kier molecular flexibility index (Phi) is 4.54. The van der Waals surface area contributed by atoms with E-state index in [1.54, 1.807) is 40.9 Å². The third kappa shape index (κ3) is 3.00. The highest BCUT2D eigenvalue weighted by Crippen LogP contribution is 2.47. The molecule has 2 atom stereocenters. The molecule has 2 fully saturated rings. The maximum atomic E-state index is 12.4. The van der Waals surface area contributed by atoms with Crippen molar-refractivity contribution in [1.82, 2.24) is 4.90 Å². The lowest BCUT2D eigenvalue weighted by molar-refractivity contribution is -0.154. The second kappa shape index (κ2) is 6.47. The molecule has 24 heavy (non-hydrogen) atoms. The van der Waals surface area contributed by atoms with Gasteiger partial charge in [-0.05, 0) is 31.0 Å². The normalized spacial score (nSPS) is 25.5. The molecule has 0 bridgehead atoms. The van der Waals surface area contributed by atoms with Crippen molar-refractivity contribution in [2.24, 2.45) is 0 Å². The van der Waals surface area contributed by atoms with Crippen molar-refractivity contribution in [3.05, 3.63) is 35.4 Å². The Morgan fingerprint density at radius 3 is 2.71 bits per heavy atom. The predicted octanol–water partition coefficient (Wildman–Crippen LogP) is 1.97. The lowest BCUT2D eigenvalue weighted by Gasteiger charge is -2.29. The Labute approximate surface area is 144 Å². The molecular weight excluding hydrogens is 330 g/mol. The molecule has 1 amide bonds. The molecule has 128 valence electrons. The van der Waals surface area contributed by atoms with Crippen molar-refractivity contribution in [3.8, 4) is 0 Å². The molecule has 2 heterocycles. The van der Waals surface area contributed by atoms with Gasteiger partial charge < -0.3 is 14.4 Å². The topological polar surface area (TPSA) is 72.9 Å². The standard InChI is InChI=1S/C17H19NO5S/c1-17-8-7-14(19)18(17)13(10-24-17)16(21)23-9-11-3-5-12(6-4-11)15(20)22-2/h3-6,13H,7-10H2,1-2H3/t13-,17-/m0/s1. The number of rotatable bonds is 4. The summed E-state index contributed by atoms with van der Waals surface area (Å²) in [5, 5.41) is 0. The zero-order valence-electron chi connectivity index (χ0n) is 13.6. The summed E-state index contributed by atoms with van der Waals surface area (Å²) in [5.41, 5.74) is 1.22. The Hall–Kier alpha value is -2.02. The molecule has 2 saturated heterocycles. The molecule has 0 N–H and O–H groups in total. The van der Waals surface area contributed by atoms with Crippen molar-refractivity contribution in [3.63, 3.8) is 0 Å². The minimum absolute atomic E-state index is 0.0203. The second-order valence-electron chi connectivity index (χ2n) is 6.06. The molecule has 0 spiro atoms. The van der Waals surface area contributed by atoms with Gasteiger partial charge in [0.2, 0.25) is 5.91 Å². The molecule has 0 aliphatic carbocycles. The number of ether oxygens (including phenoxy) is 2. The summed E-state index contributed by atoms with van der Waals surface area (Å²) < 4.78 is 10.0. The number of nitrogens with zero attached hydrogens (tertiary/aromatic N) is 1. The molecule has 2 aliphatic heterocycles. The minimum Gasteiger partial charge on any atom is -0.465 e. The van der Waals surface area contributed by atoms with Crippen LogP contribution in [-0.2, 0) is 25.7 Å². The van der Waals surface area contributed by atoms with Crippen LogP contribution in [0.5, 0.6) is 0 Å². The number of hydrogen-bond acceptors (Lipinski definition) is 6. The summed E-state index contributed by atoms with van der Waals surface area (Å²) in [4.78, 5) is 37.2. The molecule has 2 aliphatic rings. The van der Waals surface area contributed by atoms with Crippen LogP contribution in [0, 0.1) is 0 Å². The third-order valence-corrected chi connectivity index (χ3v) is 5.98. The summed E-state index contributed by atoms with van der Waals surface area (Å²) >= 11 is 1.64. The molecular formula is C17H19NO5S. The first-order chi connectivity index (χ1) is 11.4. The van der Waals surface area contributed by atoms with E-state index < -0.39 is 12.0 Å². The number of carbonyl (C=O) groups excluding carboxylic acids is 3. The van der Waals surface area contributed by atoms with Crippen LogP contribution in [0.3, 0.4) is 0 Å². The SMILES string of the molecule is COC(=O)c1ccc(COC(=O)[C@@H]2CS[C@@]3(C)CCC(=O)N23)cc1. The van der Waals surface area contributed by atoms with Crippen LogP contribution in [0.25, 0.3) is 0 Å². The van der Waals surface area contributed by atoms with Crippen LogP contribution >= 0.6 is 11.8 Å². The summed E-state index contributed by atoms with van der Waals surface area (Å²) in [5.74, 6) is -0.193. The molecule has 0 unspecified atom stereocenters. The van der Waals surface area contributed by atoms with E-state index in [9.17, 15) is 14.4 Å². The van der Waals surface area contributed by atoms with E-state index in [0.717, 1.165) is 12.0 Å². The van der Waals surface area contributed by atoms with E-state index in [2.05, 4.69) is 4.74 Å². The van der Waals surface area contributed by atoms with Crippen molar-refractivity contribution in [2.75, 3.05) is 12.9 Å². The van der Waals surface area contributed by atoms with Gasteiger partial charge in [-0.3, -0.25) is 4.79 Å². The number of methoxy groups -OCH3 is 1. The van der Waals surface area contributed by atoms with Crippen LogP contribution in [0.2, 0.25) is 0 Å². The quantitative estimate of drug-likeness (QED) is 0.774. The van der Waals surface area contributed by atoms with Gasteiger partial charge in [0.15, 0.2) is 0 Å². The van der Waals surface area contributed by atoms with E-state index in [0.29, 0.717) is 17.7 Å². The number of carbonyl (C=O) groups is 3. The molecule has 0 aromatic heterocycles. The van der Waals surface area contributed by atoms with E-state index in [4.69, 9.17) is 4.74 Å². The molecule has 1 aromatic rings. The highest BCUT2D eigenvalue weighted by Gasteiger charge is 2.53. The maximum Gasteiger partial charge on any atom is 0.337 e. The Morgan fingerprint density at radius 2 is 2.04 bits per heavy atom. The Morgan fingerprint density at radius 1 is 1.33 bits per heavy atom. The lowest BCUT2D eigenvalue weighted by Crippen LogP contribution is -2.46. The smallest absolute Gasteiger partial charge is 0.337 e. The van der Waals surface area contributed by atoms with Crippen LogP contribution in [-0.4, -0.2) is 46.5 Å². The number of fused-ring (bicyclic) bond motifs is 1. The average molecular weight is 349 g/mol. The van der Waals surface area contributed by atoms with Crippen molar-refractivity contribution in [2.45, 2.75) is 37.3 Å². The van der Waals surface area contributed by atoms with Crippen LogP contribution in [0.4, 0.5) is 0 Å². The summed E-state index contributed by atoms with van der Waals surface area (Å²) in [7, 11) is 1.32. The largest absolute Gasteiger partial charge is 0.465 e. The predicted molar refractivity (Wildman–Crippen MR) is 88.3 cm³/mol. The number of hydrogen-bond donors (Lipinski definition) is 0. The fraction of sp³-hybridized carbons (Fsp3) is 0.471. The van der Waals surface area contributed by atoms with Gasteiger partial charge in [0.05, 0.1) is 17.5 Å². The molecule has 1 aromatic carbocycles. The lowest BCUT2D eigenvalue weighted by atomic mass is 10.1. The number of esters is 2. The van der Waals surface area contributed by atoms with Crippen molar-refractivity contribution < 1.29 is 23.9 Å². The van der Waals surface area contributed by atoms with Gasteiger partial charge in [0.1, 0.15) is 12.6 Å². The van der Waals surface area contributed by atoms with E-state index in [-0.39, 0.29) is 23.4 Å². The van der Waals surface area contributed by atoms with E-state index in [1.165, 1.54) is 7.11 Å². The van der Waals surface area contributed by atoms with Gasteiger partial charge in [0.25, 0.3) is 0 Å². The maximum absolute atomic E-state index is 12.4. The van der Waals surface area contributed by atoms with Gasteiger partial charge in [-0.2, -0.15) is 0 Å². The summed E-state index contributed by atoms with van der Waals surface area (Å²) in [6.07, 6.45) is 1.26. The average Bonchev–Trinajstić information content (AvgIpc) is 3.09. The number of thioether (sulfide) groups is 1. The van der Waals surface area contributed by atoms with Gasteiger partial charge >= 0.3 is 11.9 Å². The highest BCUT2D eigenvalue weighted by molar-refractivity contribution is 8.01. The third-order valence-electron chi connectivity index (χ3n) is 4.47. The Bertz CT molecular complexity index is 674. The van der Waals surface area contributed by atoms with E-state index in [1.807, 2.05) is 6.92 Å². The first-order valence-electron chi connectivity index (χ1n) is 7.74. The van der Waals surface area contributed by atoms with Crippen LogP contribution in [0.15, 0.2) is 24.3 Å². The van der Waals surface area contributed by atoms with Crippen LogP contribution in [0.1, 0.15) is 35.7 Å². The molecule has 7 heteroatoms. The zero-order chi connectivity index (χ0) is 17.3. The summed E-state index contributed by atoms with van der Waals surface area (Å²) in [6, 6.07) is 6.18. The van der Waals surface area contributed by atoms with Gasteiger partial charge in [-0.25, -0.2) is 9.59 Å². The highest BCUT2D eigenvalue weighted by atomic mass is 32.2. The molecule has 0 radical (unpaired) electrons. The van der Waals surface area contributed by atoms with Gasteiger partial charge in [-0.1, -0.05) is 12.1 Å². The first kappa shape index (κ1) is 16.8. The first-order valence-corrected chi connectivity index (χ1v) is 8.73. The summed E-state index contributed by atoms with van der Waals surface area (Å²) in [6.45, 7) is 2.11. The van der Waals surface area contributed by atoms with Gasteiger partial charge in [0, 0.05) is 12.2 Å². The zero-order valence-corrected chi connectivity index (χ0v) is 14.4. The van der Waals surface area contributed by atoms with Gasteiger partial charge in [-0.15, -0.1) is 11.8 Å². The fourth-order valence-electron chi connectivity index (χ4n) is 3.10. The van der Waals surface area contributed by atoms with E-state index >= 15 is 0 Å². The second-order valence-corrected chi connectivity index (χ2v) is 7.56. The molecule has 3 rings (SSSR count). The number of benzene rings is 1. The van der Waals surface area contributed by atoms with Crippen molar-refractivity contribution in [1.29, 1.82) is 0 Å². The Balaban J connectivity index is 1.60. The minimum atomic E-state index is -0.510. The monoisotopic (exact) mass is 349 g/mol. The van der Waals surface area contributed by atoms with Crippen LogP contribution < -0.4 is 0 Å². The molecule has 0 saturated carbocycles. The van der Waals surface area contributed by atoms with Crippen molar-refractivity contribution >= 4 is 29.6 Å².